The monoisotopic (exact) mass is 434 g/mol. The summed E-state index contributed by atoms with van der Waals surface area (Å²) in [7, 11) is 1.63. The van der Waals surface area contributed by atoms with Crippen LogP contribution in [0.3, 0.4) is 0 Å². The van der Waals surface area contributed by atoms with Crippen molar-refractivity contribution < 1.29 is 9.26 Å². The van der Waals surface area contributed by atoms with E-state index < -0.39 is 0 Å². The number of aromatic nitrogens is 5. The van der Waals surface area contributed by atoms with Gasteiger partial charge in [-0.2, -0.15) is 10.1 Å². The van der Waals surface area contributed by atoms with Crippen LogP contribution in [0.25, 0.3) is 16.8 Å². The number of hydrogen-bond donors (Lipinski definition) is 0. The maximum atomic E-state index is 13.0. The molecule has 0 N–H and O–H groups in total. The Morgan fingerprint density at radius 3 is 2.78 bits per heavy atom. The zero-order valence-electron chi connectivity index (χ0n) is 18.3. The molecule has 3 aromatic heterocycles. The van der Waals surface area contributed by atoms with Gasteiger partial charge in [0.2, 0.25) is 5.89 Å². The van der Waals surface area contributed by atoms with Crippen molar-refractivity contribution >= 4 is 5.52 Å². The Bertz CT molecular complexity index is 1270. The number of rotatable bonds is 6. The molecule has 0 saturated carbocycles. The number of piperidine rings is 1. The first-order chi connectivity index (χ1) is 15.6. The standard InChI is InChI=1S/C23H26N6O3/c1-16-5-3-4-10-27(16)15-22-24-21(26-32-22)14-28-11-12-29-20(23(28)30)13-19(25-29)17-6-8-18(31-2)9-7-17/h6-9,11-13,16H,3-5,10,14-15H2,1-2H3. The minimum Gasteiger partial charge on any atom is -0.497 e. The van der Waals surface area contributed by atoms with Gasteiger partial charge in [-0.25, -0.2) is 4.52 Å². The minimum absolute atomic E-state index is 0.157. The van der Waals surface area contributed by atoms with E-state index in [1.807, 2.05) is 24.3 Å². The Labute approximate surface area is 185 Å². The highest BCUT2D eigenvalue weighted by molar-refractivity contribution is 5.66. The maximum Gasteiger partial charge on any atom is 0.277 e. The number of nitrogens with zero attached hydrogens (tertiary/aromatic N) is 6. The second kappa shape index (κ2) is 8.58. The summed E-state index contributed by atoms with van der Waals surface area (Å²) in [6.45, 7) is 4.18. The Morgan fingerprint density at radius 1 is 1.16 bits per heavy atom. The predicted molar refractivity (Wildman–Crippen MR) is 119 cm³/mol. The summed E-state index contributed by atoms with van der Waals surface area (Å²) < 4.78 is 13.8. The molecule has 5 rings (SSSR count). The van der Waals surface area contributed by atoms with Crippen molar-refractivity contribution in [3.05, 3.63) is 64.8 Å². The average Bonchev–Trinajstić information content (AvgIpc) is 3.45. The summed E-state index contributed by atoms with van der Waals surface area (Å²) in [5, 5.41) is 8.62. The first kappa shape index (κ1) is 20.4. The van der Waals surface area contributed by atoms with Crippen molar-refractivity contribution in [3.8, 4) is 17.0 Å². The molecule has 0 radical (unpaired) electrons. The number of likely N-dealkylation sites (tertiary alicyclic amines) is 1. The number of ether oxygens (including phenoxy) is 1. The molecule has 1 unspecified atom stereocenters. The highest BCUT2D eigenvalue weighted by Crippen LogP contribution is 2.22. The van der Waals surface area contributed by atoms with Crippen molar-refractivity contribution in [2.45, 2.75) is 45.3 Å². The molecule has 0 spiro atoms. The summed E-state index contributed by atoms with van der Waals surface area (Å²) in [5.41, 5.74) is 1.97. The lowest BCUT2D eigenvalue weighted by molar-refractivity contribution is 0.135. The number of methoxy groups -OCH3 is 1. The fraction of sp³-hybridized carbons (Fsp3) is 0.391. The topological polar surface area (TPSA) is 90.7 Å². The first-order valence-electron chi connectivity index (χ1n) is 10.9. The van der Waals surface area contributed by atoms with Gasteiger partial charge in [0, 0.05) is 24.0 Å². The average molecular weight is 435 g/mol. The van der Waals surface area contributed by atoms with Crippen LogP contribution in [0.1, 0.15) is 37.9 Å². The van der Waals surface area contributed by atoms with E-state index in [0.29, 0.717) is 29.8 Å². The van der Waals surface area contributed by atoms with Crippen LogP contribution in [0.2, 0.25) is 0 Å². The van der Waals surface area contributed by atoms with E-state index in [0.717, 1.165) is 23.6 Å². The van der Waals surface area contributed by atoms with Crippen molar-refractivity contribution in [1.29, 1.82) is 0 Å². The van der Waals surface area contributed by atoms with E-state index in [4.69, 9.17) is 9.26 Å². The van der Waals surface area contributed by atoms with E-state index in [-0.39, 0.29) is 12.1 Å². The molecule has 32 heavy (non-hydrogen) atoms. The Hall–Kier alpha value is -3.46. The molecule has 9 nitrogen and oxygen atoms in total. The fourth-order valence-electron chi connectivity index (χ4n) is 4.19. The van der Waals surface area contributed by atoms with Gasteiger partial charge in [0.05, 0.1) is 25.9 Å². The maximum absolute atomic E-state index is 13.0. The molecule has 4 aromatic rings. The van der Waals surface area contributed by atoms with Gasteiger partial charge in [0.1, 0.15) is 11.3 Å². The van der Waals surface area contributed by atoms with Gasteiger partial charge < -0.3 is 13.8 Å². The predicted octanol–water partition coefficient (Wildman–Crippen LogP) is 2.98. The molecular formula is C23H26N6O3. The van der Waals surface area contributed by atoms with Crippen LogP contribution in [0.4, 0.5) is 0 Å². The second-order valence-electron chi connectivity index (χ2n) is 8.24. The summed E-state index contributed by atoms with van der Waals surface area (Å²) in [6.07, 6.45) is 7.13. The Morgan fingerprint density at radius 2 is 2.00 bits per heavy atom. The molecule has 9 heteroatoms. The van der Waals surface area contributed by atoms with Crippen LogP contribution in [-0.4, -0.2) is 48.9 Å². The lowest BCUT2D eigenvalue weighted by Gasteiger charge is -2.31. The molecule has 1 atom stereocenters. The summed E-state index contributed by atoms with van der Waals surface area (Å²) in [5.74, 6) is 1.86. The van der Waals surface area contributed by atoms with Crippen LogP contribution in [0, 0.1) is 0 Å². The minimum atomic E-state index is -0.157. The first-order valence-corrected chi connectivity index (χ1v) is 10.9. The molecule has 1 aliphatic heterocycles. The van der Waals surface area contributed by atoms with E-state index in [1.165, 1.54) is 19.3 Å². The molecule has 0 bridgehead atoms. The van der Waals surface area contributed by atoms with Crippen molar-refractivity contribution in [3.63, 3.8) is 0 Å². The smallest absolute Gasteiger partial charge is 0.277 e. The van der Waals surface area contributed by atoms with Crippen LogP contribution in [0.15, 0.2) is 52.0 Å². The van der Waals surface area contributed by atoms with Crippen LogP contribution in [-0.2, 0) is 13.1 Å². The SMILES string of the molecule is COc1ccc(-c2cc3c(=O)n(Cc4noc(CN5CCCCC5C)n4)ccn3n2)cc1. The molecule has 166 valence electrons. The summed E-state index contributed by atoms with van der Waals surface area (Å²) >= 11 is 0. The lowest BCUT2D eigenvalue weighted by Crippen LogP contribution is -2.36. The summed E-state index contributed by atoms with van der Waals surface area (Å²) in [6, 6.07) is 9.89. The van der Waals surface area contributed by atoms with Gasteiger partial charge in [-0.3, -0.25) is 9.69 Å². The van der Waals surface area contributed by atoms with Crippen molar-refractivity contribution in [1.82, 2.24) is 29.2 Å². The van der Waals surface area contributed by atoms with Gasteiger partial charge in [-0.1, -0.05) is 11.6 Å². The second-order valence-corrected chi connectivity index (χ2v) is 8.24. The van der Waals surface area contributed by atoms with E-state index in [1.54, 1.807) is 34.7 Å². The Balaban J connectivity index is 1.35. The van der Waals surface area contributed by atoms with Gasteiger partial charge >= 0.3 is 0 Å². The third-order valence-electron chi connectivity index (χ3n) is 6.09. The number of benzene rings is 1. The van der Waals surface area contributed by atoms with Crippen molar-refractivity contribution in [2.75, 3.05) is 13.7 Å². The molecule has 4 heterocycles. The van der Waals surface area contributed by atoms with Gasteiger partial charge in [-0.05, 0) is 56.6 Å². The fourth-order valence-corrected chi connectivity index (χ4v) is 4.19. The van der Waals surface area contributed by atoms with Crippen LogP contribution in [0.5, 0.6) is 5.75 Å². The van der Waals surface area contributed by atoms with Gasteiger partial charge in [0.15, 0.2) is 5.82 Å². The zero-order chi connectivity index (χ0) is 22.1. The molecule has 1 aromatic carbocycles. The zero-order valence-corrected chi connectivity index (χ0v) is 18.3. The van der Waals surface area contributed by atoms with E-state index >= 15 is 0 Å². The largest absolute Gasteiger partial charge is 0.497 e. The third-order valence-corrected chi connectivity index (χ3v) is 6.09. The highest BCUT2D eigenvalue weighted by Gasteiger charge is 2.21. The molecular weight excluding hydrogens is 408 g/mol. The highest BCUT2D eigenvalue weighted by atomic mass is 16.5. The normalized spacial score (nSPS) is 17.1. The van der Waals surface area contributed by atoms with Crippen LogP contribution < -0.4 is 10.3 Å². The molecule has 1 saturated heterocycles. The quantitative estimate of drug-likeness (QED) is 0.461. The lowest BCUT2D eigenvalue weighted by atomic mass is 10.0. The van der Waals surface area contributed by atoms with Gasteiger partial charge in [-0.15, -0.1) is 0 Å². The molecule has 1 aliphatic rings. The number of hydrogen-bond acceptors (Lipinski definition) is 7. The third kappa shape index (κ3) is 4.03. The molecule has 0 aliphatic carbocycles. The van der Waals surface area contributed by atoms with Gasteiger partial charge in [0.25, 0.3) is 5.56 Å². The Kier molecular flexibility index (Phi) is 5.48. The van der Waals surface area contributed by atoms with Crippen molar-refractivity contribution in [2.24, 2.45) is 0 Å². The van der Waals surface area contributed by atoms with E-state index in [9.17, 15) is 4.79 Å². The van der Waals surface area contributed by atoms with Crippen LogP contribution >= 0.6 is 0 Å². The molecule has 1 fully saturated rings. The summed E-state index contributed by atoms with van der Waals surface area (Å²) in [4.78, 5) is 19.9. The van der Waals surface area contributed by atoms with E-state index in [2.05, 4.69) is 27.1 Å². The molecule has 0 amide bonds. The number of fused-ring (bicyclic) bond motifs is 1.